The molecule has 6 heteroatoms. The fraction of sp³-hybridized carbons (Fsp3) is 0.643. The second-order valence-electron chi connectivity index (χ2n) is 5.14. The van der Waals surface area contributed by atoms with Gasteiger partial charge in [-0.1, -0.05) is 12.5 Å². The Labute approximate surface area is 117 Å². The highest BCUT2D eigenvalue weighted by atomic mass is 16.5. The van der Waals surface area contributed by atoms with E-state index in [9.17, 15) is 14.4 Å². The van der Waals surface area contributed by atoms with Crippen LogP contribution in [0.3, 0.4) is 0 Å². The normalized spacial score (nSPS) is 23.7. The summed E-state index contributed by atoms with van der Waals surface area (Å²) in [6.45, 7) is 3.37. The third kappa shape index (κ3) is 2.69. The maximum absolute atomic E-state index is 12.0. The molecular weight excluding hydrogens is 264 g/mol. The molecule has 6 nitrogen and oxygen atoms in total. The lowest BCUT2D eigenvalue weighted by molar-refractivity contribution is -0.171. The predicted molar refractivity (Wildman–Crippen MR) is 69.8 cm³/mol. The van der Waals surface area contributed by atoms with Gasteiger partial charge in [0.2, 0.25) is 0 Å². The minimum absolute atomic E-state index is 0.00790. The van der Waals surface area contributed by atoms with Crippen molar-refractivity contribution in [2.24, 2.45) is 11.3 Å². The van der Waals surface area contributed by atoms with Gasteiger partial charge < -0.3 is 14.6 Å². The van der Waals surface area contributed by atoms with Crippen molar-refractivity contribution in [1.82, 2.24) is 0 Å². The lowest BCUT2D eigenvalue weighted by Gasteiger charge is -2.36. The molecule has 1 N–H and O–H groups in total. The number of hydrogen-bond acceptors (Lipinski definition) is 5. The van der Waals surface area contributed by atoms with E-state index in [1.807, 2.05) is 6.92 Å². The summed E-state index contributed by atoms with van der Waals surface area (Å²) in [5.41, 5.74) is -0.656. The fourth-order valence-corrected chi connectivity index (χ4v) is 2.69. The van der Waals surface area contributed by atoms with Crippen LogP contribution in [0.4, 0.5) is 0 Å². The Kier molecular flexibility index (Phi) is 4.92. The minimum atomic E-state index is -1.43. The second kappa shape index (κ2) is 6.07. The standard InChI is InChI=1S/C14H20O6/c1-8-5-6-14(12(17)19-3,13(18)20-4)7-10(8)9(2)11(15)16/h8H,5-7H2,1-4H3,(H,15,16)/b10-9-. The molecule has 1 unspecified atom stereocenters. The quantitative estimate of drug-likeness (QED) is 0.480. The lowest BCUT2D eigenvalue weighted by atomic mass is 9.67. The summed E-state index contributed by atoms with van der Waals surface area (Å²) >= 11 is 0. The third-order valence-corrected chi connectivity index (χ3v) is 4.05. The van der Waals surface area contributed by atoms with Gasteiger partial charge in [-0.05, 0) is 32.1 Å². The van der Waals surface area contributed by atoms with Gasteiger partial charge in [0.15, 0.2) is 5.41 Å². The smallest absolute Gasteiger partial charge is 0.331 e. The number of ether oxygens (including phenoxy) is 2. The van der Waals surface area contributed by atoms with Gasteiger partial charge in [-0.2, -0.15) is 0 Å². The summed E-state index contributed by atoms with van der Waals surface area (Å²) in [5, 5.41) is 9.12. The van der Waals surface area contributed by atoms with Gasteiger partial charge in [0.1, 0.15) is 0 Å². The number of aliphatic carboxylic acids is 1. The number of carboxylic acids is 1. The van der Waals surface area contributed by atoms with Crippen molar-refractivity contribution >= 4 is 17.9 Å². The molecule has 0 spiro atoms. The molecule has 1 atom stereocenters. The molecule has 0 amide bonds. The number of methoxy groups -OCH3 is 2. The van der Waals surface area contributed by atoms with Crippen molar-refractivity contribution in [1.29, 1.82) is 0 Å². The van der Waals surface area contributed by atoms with Gasteiger partial charge in [-0.25, -0.2) is 4.79 Å². The average Bonchev–Trinajstić information content (AvgIpc) is 2.45. The van der Waals surface area contributed by atoms with Gasteiger partial charge in [-0.3, -0.25) is 9.59 Å². The molecule has 0 bridgehead atoms. The molecule has 0 saturated heterocycles. The monoisotopic (exact) mass is 284 g/mol. The number of esters is 2. The largest absolute Gasteiger partial charge is 0.478 e. The maximum atomic E-state index is 12.0. The van der Waals surface area contributed by atoms with E-state index in [-0.39, 0.29) is 17.9 Å². The van der Waals surface area contributed by atoms with E-state index in [4.69, 9.17) is 14.6 Å². The summed E-state index contributed by atoms with van der Waals surface area (Å²) in [7, 11) is 2.41. The second-order valence-corrected chi connectivity index (χ2v) is 5.14. The molecule has 0 aromatic heterocycles. The van der Waals surface area contributed by atoms with E-state index in [0.29, 0.717) is 18.4 Å². The average molecular weight is 284 g/mol. The molecule has 0 heterocycles. The Morgan fingerprint density at radius 3 is 2.10 bits per heavy atom. The first kappa shape index (κ1) is 16.2. The van der Waals surface area contributed by atoms with Crippen LogP contribution >= 0.6 is 0 Å². The molecule has 1 aliphatic carbocycles. The van der Waals surface area contributed by atoms with E-state index in [0.717, 1.165) is 0 Å². The topological polar surface area (TPSA) is 89.9 Å². The zero-order valence-corrected chi connectivity index (χ0v) is 12.2. The maximum Gasteiger partial charge on any atom is 0.331 e. The molecule has 1 fully saturated rings. The number of carboxylic acid groups (broad SMARTS) is 1. The molecule has 0 aliphatic heterocycles. The highest BCUT2D eigenvalue weighted by molar-refractivity contribution is 6.01. The molecule has 0 aromatic carbocycles. The van der Waals surface area contributed by atoms with Gasteiger partial charge >= 0.3 is 17.9 Å². The van der Waals surface area contributed by atoms with Crippen LogP contribution in [0.1, 0.15) is 33.1 Å². The van der Waals surface area contributed by atoms with Crippen LogP contribution in [-0.4, -0.2) is 37.2 Å². The summed E-state index contributed by atoms with van der Waals surface area (Å²) in [4.78, 5) is 35.2. The van der Waals surface area contributed by atoms with Crippen LogP contribution in [0.2, 0.25) is 0 Å². The Hall–Kier alpha value is -1.85. The van der Waals surface area contributed by atoms with Crippen LogP contribution in [-0.2, 0) is 23.9 Å². The minimum Gasteiger partial charge on any atom is -0.478 e. The number of hydrogen-bond donors (Lipinski definition) is 1. The molecule has 1 aliphatic rings. The van der Waals surface area contributed by atoms with E-state index < -0.39 is 23.3 Å². The Morgan fingerprint density at radius 2 is 1.70 bits per heavy atom. The first-order valence-electron chi connectivity index (χ1n) is 6.40. The number of carbonyl (C=O) groups excluding carboxylic acids is 2. The Bertz CT molecular complexity index is 446. The number of allylic oxidation sites excluding steroid dienone is 1. The highest BCUT2D eigenvalue weighted by Gasteiger charge is 2.51. The van der Waals surface area contributed by atoms with E-state index in [1.54, 1.807) is 0 Å². The van der Waals surface area contributed by atoms with Crippen molar-refractivity contribution in [3.63, 3.8) is 0 Å². The van der Waals surface area contributed by atoms with Crippen molar-refractivity contribution in [3.8, 4) is 0 Å². The fourth-order valence-electron chi connectivity index (χ4n) is 2.69. The first-order chi connectivity index (χ1) is 9.30. The van der Waals surface area contributed by atoms with Gasteiger partial charge in [0.05, 0.1) is 14.2 Å². The summed E-state index contributed by atoms with van der Waals surface area (Å²) in [5.74, 6) is -2.38. The van der Waals surface area contributed by atoms with Crippen LogP contribution in [0.25, 0.3) is 0 Å². The third-order valence-electron chi connectivity index (χ3n) is 4.05. The van der Waals surface area contributed by atoms with Crippen LogP contribution in [0, 0.1) is 11.3 Å². The molecule has 0 radical (unpaired) electrons. The molecule has 0 aromatic rings. The van der Waals surface area contributed by atoms with E-state index in [1.165, 1.54) is 21.1 Å². The summed E-state index contributed by atoms with van der Waals surface area (Å²) in [6.07, 6.45) is 0.861. The van der Waals surface area contributed by atoms with Crippen molar-refractivity contribution in [2.75, 3.05) is 14.2 Å². The molecule has 1 rings (SSSR count). The number of rotatable bonds is 3. The van der Waals surface area contributed by atoms with E-state index in [2.05, 4.69) is 0 Å². The Morgan fingerprint density at radius 1 is 1.20 bits per heavy atom. The molecule has 20 heavy (non-hydrogen) atoms. The van der Waals surface area contributed by atoms with Crippen molar-refractivity contribution in [3.05, 3.63) is 11.1 Å². The summed E-state index contributed by atoms with van der Waals surface area (Å²) < 4.78 is 9.46. The molecular formula is C14H20O6. The van der Waals surface area contributed by atoms with Gasteiger partial charge in [-0.15, -0.1) is 0 Å². The van der Waals surface area contributed by atoms with Gasteiger partial charge in [0.25, 0.3) is 0 Å². The molecule has 1 saturated carbocycles. The van der Waals surface area contributed by atoms with Crippen LogP contribution in [0.5, 0.6) is 0 Å². The SMILES string of the molecule is COC(=O)C1(C(=O)OC)CCC(C)/C(=C(/C)C(=O)O)C1. The van der Waals surface area contributed by atoms with Crippen LogP contribution in [0.15, 0.2) is 11.1 Å². The first-order valence-corrected chi connectivity index (χ1v) is 6.40. The summed E-state index contributed by atoms with van der Waals surface area (Å²) in [6, 6.07) is 0. The molecule has 112 valence electrons. The lowest BCUT2D eigenvalue weighted by Crippen LogP contribution is -2.45. The van der Waals surface area contributed by atoms with E-state index >= 15 is 0 Å². The zero-order chi connectivity index (χ0) is 15.5. The van der Waals surface area contributed by atoms with Crippen molar-refractivity contribution in [2.45, 2.75) is 33.1 Å². The number of carbonyl (C=O) groups is 3. The highest BCUT2D eigenvalue weighted by Crippen LogP contribution is 2.45. The van der Waals surface area contributed by atoms with Gasteiger partial charge in [0, 0.05) is 5.57 Å². The van der Waals surface area contributed by atoms with Crippen LogP contribution < -0.4 is 0 Å². The predicted octanol–water partition coefficient (Wildman–Crippen LogP) is 1.54. The Balaban J connectivity index is 3.30. The zero-order valence-electron chi connectivity index (χ0n) is 12.2. The van der Waals surface area contributed by atoms with Crippen molar-refractivity contribution < 1.29 is 29.0 Å².